The first-order chi connectivity index (χ1) is 9.46. The van der Waals surface area contributed by atoms with E-state index in [0.29, 0.717) is 5.69 Å². The van der Waals surface area contributed by atoms with E-state index in [4.69, 9.17) is 5.11 Å². The Morgan fingerprint density at radius 3 is 2.95 bits per heavy atom. The molecule has 1 aromatic carbocycles. The van der Waals surface area contributed by atoms with Gasteiger partial charge in [-0.3, -0.25) is 9.52 Å². The molecule has 1 heterocycles. The third kappa shape index (κ3) is 4.12. The normalized spacial score (nSPS) is 14.2. The lowest BCUT2D eigenvalue weighted by Gasteiger charge is -2.19. The number of benzene rings is 1. The van der Waals surface area contributed by atoms with Gasteiger partial charge in [0.2, 0.25) is 10.0 Å². The van der Waals surface area contributed by atoms with Crippen LogP contribution < -0.4 is 10.0 Å². The monoisotopic (exact) mass is 298 g/mol. The number of fused-ring (bicyclic) bond motifs is 1. The molecule has 0 saturated carbocycles. The summed E-state index contributed by atoms with van der Waals surface area (Å²) >= 11 is 0. The molecule has 6 nitrogen and oxygen atoms in total. The van der Waals surface area contributed by atoms with Crippen molar-refractivity contribution in [2.45, 2.75) is 25.7 Å². The van der Waals surface area contributed by atoms with E-state index in [-0.39, 0.29) is 18.6 Å². The first kappa shape index (κ1) is 14.6. The Bertz CT molecular complexity index is 598. The Balaban J connectivity index is 2.00. The lowest BCUT2D eigenvalue weighted by Crippen LogP contribution is -2.18. The number of rotatable bonds is 6. The number of hydrogen-bond acceptors (Lipinski definition) is 4. The van der Waals surface area contributed by atoms with Gasteiger partial charge in [0.25, 0.3) is 0 Å². The molecule has 2 rings (SSSR count). The Kier molecular flexibility index (Phi) is 4.49. The van der Waals surface area contributed by atoms with E-state index < -0.39 is 16.0 Å². The second-order valence-corrected chi connectivity index (χ2v) is 6.66. The van der Waals surface area contributed by atoms with Gasteiger partial charge in [0.05, 0.1) is 11.4 Å². The molecule has 0 aromatic heterocycles. The van der Waals surface area contributed by atoms with Gasteiger partial charge in [-0.25, -0.2) is 8.42 Å². The number of aryl methyl sites for hydroxylation is 1. The maximum Gasteiger partial charge on any atom is 0.303 e. The fourth-order valence-corrected chi connectivity index (χ4v) is 3.28. The minimum atomic E-state index is -3.50. The molecule has 20 heavy (non-hydrogen) atoms. The van der Waals surface area contributed by atoms with Crippen LogP contribution in [0.4, 0.5) is 11.4 Å². The van der Waals surface area contributed by atoms with Crippen molar-refractivity contribution in [1.29, 1.82) is 0 Å². The predicted molar refractivity (Wildman–Crippen MR) is 77.5 cm³/mol. The van der Waals surface area contributed by atoms with Gasteiger partial charge in [-0.05, 0) is 37.0 Å². The molecule has 1 aliphatic heterocycles. The van der Waals surface area contributed by atoms with Gasteiger partial charge >= 0.3 is 5.97 Å². The number of aliphatic carboxylic acids is 1. The van der Waals surface area contributed by atoms with Crippen LogP contribution in [0.1, 0.15) is 24.8 Å². The van der Waals surface area contributed by atoms with Crippen LogP contribution in [0, 0.1) is 0 Å². The van der Waals surface area contributed by atoms with Crippen LogP contribution in [0.2, 0.25) is 0 Å². The first-order valence-electron chi connectivity index (χ1n) is 6.55. The molecule has 0 fully saturated rings. The zero-order valence-electron chi connectivity index (χ0n) is 11.1. The minimum Gasteiger partial charge on any atom is -0.481 e. The van der Waals surface area contributed by atoms with E-state index in [9.17, 15) is 13.2 Å². The van der Waals surface area contributed by atoms with Crippen LogP contribution in [0.15, 0.2) is 18.2 Å². The summed E-state index contributed by atoms with van der Waals surface area (Å²) in [7, 11) is -3.50. The highest BCUT2D eigenvalue weighted by atomic mass is 32.2. The van der Waals surface area contributed by atoms with Crippen LogP contribution in [-0.2, 0) is 21.2 Å². The minimum absolute atomic E-state index is 0.105. The predicted octanol–water partition coefficient (Wildman–Crippen LogP) is 1.65. The number of carboxylic acids is 1. The molecule has 0 saturated heterocycles. The molecule has 0 amide bonds. The summed E-state index contributed by atoms with van der Waals surface area (Å²) in [5, 5.41) is 11.7. The molecule has 0 unspecified atom stereocenters. The van der Waals surface area contributed by atoms with Crippen molar-refractivity contribution in [1.82, 2.24) is 0 Å². The number of sulfonamides is 1. The number of carboxylic acid groups (broad SMARTS) is 1. The average molecular weight is 298 g/mol. The zero-order chi connectivity index (χ0) is 14.6. The van der Waals surface area contributed by atoms with Crippen molar-refractivity contribution in [3.05, 3.63) is 23.8 Å². The Hall–Kier alpha value is -1.76. The maximum absolute atomic E-state index is 11.8. The van der Waals surface area contributed by atoms with Crippen molar-refractivity contribution in [2.24, 2.45) is 0 Å². The second kappa shape index (κ2) is 6.13. The van der Waals surface area contributed by atoms with Crippen molar-refractivity contribution >= 4 is 27.4 Å². The molecule has 7 heteroatoms. The van der Waals surface area contributed by atoms with Crippen LogP contribution in [-0.4, -0.2) is 31.8 Å². The average Bonchev–Trinajstić information content (AvgIpc) is 2.37. The van der Waals surface area contributed by atoms with Crippen molar-refractivity contribution in [3.8, 4) is 0 Å². The topological polar surface area (TPSA) is 95.5 Å². The molecular formula is C13H18N2O4S. The van der Waals surface area contributed by atoms with Crippen molar-refractivity contribution in [2.75, 3.05) is 22.3 Å². The fraction of sp³-hybridized carbons (Fsp3) is 0.462. The van der Waals surface area contributed by atoms with Crippen molar-refractivity contribution in [3.63, 3.8) is 0 Å². The molecule has 3 N–H and O–H groups in total. The smallest absolute Gasteiger partial charge is 0.303 e. The van der Waals surface area contributed by atoms with Crippen LogP contribution in [0.25, 0.3) is 0 Å². The number of carbonyl (C=O) groups is 1. The third-order valence-electron chi connectivity index (χ3n) is 3.13. The largest absolute Gasteiger partial charge is 0.481 e. The summed E-state index contributed by atoms with van der Waals surface area (Å²) in [6, 6.07) is 5.43. The lowest BCUT2D eigenvalue weighted by atomic mass is 10.0. The van der Waals surface area contributed by atoms with Gasteiger partial charge < -0.3 is 10.4 Å². The fourth-order valence-electron chi connectivity index (χ4n) is 2.17. The highest BCUT2D eigenvalue weighted by molar-refractivity contribution is 7.92. The van der Waals surface area contributed by atoms with Crippen LogP contribution >= 0.6 is 0 Å². The molecule has 0 bridgehead atoms. The number of hydrogen-bond donors (Lipinski definition) is 3. The summed E-state index contributed by atoms with van der Waals surface area (Å²) < 4.78 is 26.1. The standard InChI is InChI=1S/C13H18N2O4S/c16-13(17)4-2-8-20(18,19)15-11-6-5-10-3-1-7-14-12(10)9-11/h5-6,9,14-15H,1-4,7-8H2,(H,16,17). The van der Waals surface area contributed by atoms with Gasteiger partial charge in [0, 0.05) is 18.7 Å². The molecule has 0 aliphatic carbocycles. The SMILES string of the molecule is O=C(O)CCCS(=O)(=O)Nc1ccc2c(c1)NCCC2. The summed E-state index contributed by atoms with van der Waals surface area (Å²) in [6.07, 6.45) is 2.03. The van der Waals surface area contributed by atoms with E-state index in [0.717, 1.165) is 25.1 Å². The Morgan fingerprint density at radius 2 is 2.20 bits per heavy atom. The van der Waals surface area contributed by atoms with Gasteiger partial charge in [0.15, 0.2) is 0 Å². The first-order valence-corrected chi connectivity index (χ1v) is 8.20. The third-order valence-corrected chi connectivity index (χ3v) is 4.50. The van der Waals surface area contributed by atoms with Gasteiger partial charge in [-0.15, -0.1) is 0 Å². The van der Waals surface area contributed by atoms with Gasteiger partial charge in [-0.1, -0.05) is 6.07 Å². The quantitative estimate of drug-likeness (QED) is 0.742. The van der Waals surface area contributed by atoms with Crippen molar-refractivity contribution < 1.29 is 18.3 Å². The molecule has 110 valence electrons. The summed E-state index contributed by atoms with van der Waals surface area (Å²) in [4.78, 5) is 10.4. The second-order valence-electron chi connectivity index (χ2n) is 4.82. The van der Waals surface area contributed by atoms with Crippen LogP contribution in [0.3, 0.4) is 0 Å². The summed E-state index contributed by atoms with van der Waals surface area (Å²) in [5.41, 5.74) is 2.65. The molecule has 0 radical (unpaired) electrons. The Labute approximate surface area is 118 Å². The van der Waals surface area contributed by atoms with E-state index in [1.165, 1.54) is 5.56 Å². The summed E-state index contributed by atoms with van der Waals surface area (Å²) in [5.74, 6) is -1.18. The van der Waals surface area contributed by atoms with E-state index >= 15 is 0 Å². The van der Waals surface area contributed by atoms with Crippen LogP contribution in [0.5, 0.6) is 0 Å². The number of anilines is 2. The van der Waals surface area contributed by atoms with Gasteiger partial charge in [-0.2, -0.15) is 0 Å². The maximum atomic E-state index is 11.8. The van der Waals surface area contributed by atoms with E-state index in [2.05, 4.69) is 10.0 Å². The summed E-state index contributed by atoms with van der Waals surface area (Å²) in [6.45, 7) is 0.891. The highest BCUT2D eigenvalue weighted by Gasteiger charge is 2.14. The highest BCUT2D eigenvalue weighted by Crippen LogP contribution is 2.25. The molecule has 1 aliphatic rings. The van der Waals surface area contributed by atoms with E-state index in [1.54, 1.807) is 12.1 Å². The molecule has 0 atom stereocenters. The lowest BCUT2D eigenvalue weighted by molar-refractivity contribution is -0.137. The van der Waals surface area contributed by atoms with E-state index in [1.807, 2.05) is 6.07 Å². The molecule has 1 aromatic rings. The number of nitrogens with one attached hydrogen (secondary N) is 2. The zero-order valence-corrected chi connectivity index (χ0v) is 11.9. The Morgan fingerprint density at radius 1 is 1.40 bits per heavy atom. The molecular weight excluding hydrogens is 280 g/mol. The molecule has 0 spiro atoms. The van der Waals surface area contributed by atoms with Gasteiger partial charge in [0.1, 0.15) is 0 Å².